The van der Waals surface area contributed by atoms with Crippen molar-refractivity contribution < 1.29 is 42.2 Å². The first-order valence-corrected chi connectivity index (χ1v) is 11.6. The Morgan fingerprint density at radius 1 is 0.828 bits per heavy atom. The second-order valence-corrected chi connectivity index (χ2v) is 9.04. The second kappa shape index (κ2) is 24.5. The van der Waals surface area contributed by atoms with Gasteiger partial charge in [-0.05, 0) is 24.7 Å². The van der Waals surface area contributed by atoms with E-state index in [1.165, 1.54) is 57.8 Å². The third-order valence-electron chi connectivity index (χ3n) is 5.34. The molecule has 171 valence electrons. The molecule has 0 aromatic heterocycles. The van der Waals surface area contributed by atoms with Gasteiger partial charge in [-0.2, -0.15) is 6.42 Å². The molecular weight excluding hydrogens is 433 g/mol. The first-order valence-electron chi connectivity index (χ1n) is 11.6. The van der Waals surface area contributed by atoms with Crippen LogP contribution >= 0.6 is 0 Å². The minimum absolute atomic E-state index is 0. The average Bonchev–Trinajstić information content (AvgIpc) is 2.61. The number of carbonyl (C=O) groups excluding carboxylic acids is 1. The van der Waals surface area contributed by atoms with E-state index in [1.807, 2.05) is 13.0 Å². The van der Waals surface area contributed by atoms with Crippen molar-refractivity contribution in [3.63, 3.8) is 0 Å². The molecule has 0 aromatic carbocycles. The van der Waals surface area contributed by atoms with Crippen molar-refractivity contribution in [3.8, 4) is 0 Å². The Morgan fingerprint density at radius 2 is 1.24 bits per heavy atom. The maximum atomic E-state index is 9.95. The topological polar surface area (TPSA) is 26.3 Å². The zero-order chi connectivity index (χ0) is 21.8. The summed E-state index contributed by atoms with van der Waals surface area (Å²) in [6, 6.07) is 0. The number of carbonyl (C=O) groups is 1. The monoisotopic (exact) mass is 483 g/mol. The standard InChI is InChI=1S/C20H41.C6H9O2.Y/c1-7-18(4)12-9-14-20(6)16-10-15-19(5)13-8-11-17(2)3;1-3-4-5-8-6(2)7;/h17-20H,1,7-16H2,2-6H3;3-4H,2,5H2,1H3;/q2*-1;/b;4-3+;. The molecule has 2 nitrogen and oxygen atoms in total. The first kappa shape index (κ1) is 33.8. The molecule has 0 aliphatic heterocycles. The van der Waals surface area contributed by atoms with Gasteiger partial charge in [0.2, 0.25) is 0 Å². The molecule has 0 aliphatic rings. The van der Waals surface area contributed by atoms with Gasteiger partial charge in [-0.1, -0.05) is 110 Å². The summed E-state index contributed by atoms with van der Waals surface area (Å²) in [5.74, 6) is 3.08. The Morgan fingerprint density at radius 3 is 1.59 bits per heavy atom. The van der Waals surface area contributed by atoms with Gasteiger partial charge in [-0.25, -0.2) is 0 Å². The van der Waals surface area contributed by atoms with E-state index in [0.717, 1.165) is 30.1 Å². The van der Waals surface area contributed by atoms with Gasteiger partial charge in [0.15, 0.2) is 5.97 Å². The SMILES string of the molecule is [CH2-]C(=O)OC/C=C/C.[CH2-]CC(C)CCCC(C)CCCC(C)CCCC(C)C.[Y]. The second-order valence-electron chi connectivity index (χ2n) is 9.04. The fraction of sp³-hybridized carbons (Fsp3) is 0.808. The molecule has 29 heavy (non-hydrogen) atoms. The number of allylic oxidation sites excluding steroid dienone is 1. The minimum Gasteiger partial charge on any atom is -0.484 e. The summed E-state index contributed by atoms with van der Waals surface area (Å²) in [6.45, 7) is 21.1. The van der Waals surface area contributed by atoms with Crippen LogP contribution in [0.2, 0.25) is 0 Å². The van der Waals surface area contributed by atoms with Crippen molar-refractivity contribution >= 4 is 5.97 Å². The van der Waals surface area contributed by atoms with Crippen molar-refractivity contribution in [1.82, 2.24) is 0 Å². The molecule has 0 fully saturated rings. The third kappa shape index (κ3) is 30.5. The van der Waals surface area contributed by atoms with Gasteiger partial charge >= 0.3 is 0 Å². The quantitative estimate of drug-likeness (QED) is 0.133. The van der Waals surface area contributed by atoms with Gasteiger partial charge in [-0.15, -0.1) is 0 Å². The van der Waals surface area contributed by atoms with Crippen molar-refractivity contribution in [1.29, 1.82) is 0 Å². The predicted octanol–water partition coefficient (Wildman–Crippen LogP) is 8.22. The van der Waals surface area contributed by atoms with Crippen molar-refractivity contribution in [2.75, 3.05) is 6.61 Å². The Labute approximate surface area is 209 Å². The number of esters is 1. The van der Waals surface area contributed by atoms with Crippen LogP contribution in [0.1, 0.15) is 106 Å². The van der Waals surface area contributed by atoms with E-state index in [4.69, 9.17) is 0 Å². The van der Waals surface area contributed by atoms with E-state index < -0.39 is 5.97 Å². The average molecular weight is 484 g/mol. The van der Waals surface area contributed by atoms with Gasteiger partial charge in [0.05, 0.1) is 0 Å². The molecule has 0 bridgehead atoms. The maximum absolute atomic E-state index is 9.95. The zero-order valence-corrected chi connectivity index (χ0v) is 23.4. The van der Waals surface area contributed by atoms with E-state index in [0.29, 0.717) is 6.61 Å². The summed E-state index contributed by atoms with van der Waals surface area (Å²) >= 11 is 0. The normalized spacial score (nSPS) is 13.9. The van der Waals surface area contributed by atoms with Gasteiger partial charge < -0.3 is 11.7 Å². The van der Waals surface area contributed by atoms with Crippen molar-refractivity contribution in [3.05, 3.63) is 26.0 Å². The smallest absolute Gasteiger partial charge is 0.164 e. The van der Waals surface area contributed by atoms with Crippen LogP contribution in [0.15, 0.2) is 12.2 Å². The molecule has 0 rings (SSSR count). The third-order valence-corrected chi connectivity index (χ3v) is 5.34. The Kier molecular flexibility index (Phi) is 28.5. The summed E-state index contributed by atoms with van der Waals surface area (Å²) in [5.41, 5.74) is 0. The van der Waals surface area contributed by atoms with Crippen LogP contribution in [0, 0.1) is 37.5 Å². The van der Waals surface area contributed by atoms with Crippen LogP contribution in [-0.2, 0) is 42.2 Å². The molecule has 0 N–H and O–H groups in total. The molecule has 3 atom stereocenters. The Balaban J connectivity index is -0.000000636. The van der Waals surface area contributed by atoms with E-state index in [1.54, 1.807) is 6.08 Å². The number of hydrogen-bond donors (Lipinski definition) is 0. The Bertz CT molecular complexity index is 366. The Hall–Kier alpha value is 0.184. The van der Waals surface area contributed by atoms with Crippen LogP contribution in [0.3, 0.4) is 0 Å². The van der Waals surface area contributed by atoms with E-state index >= 15 is 0 Å². The molecule has 0 heterocycles. The van der Waals surface area contributed by atoms with E-state index in [-0.39, 0.29) is 32.7 Å². The van der Waals surface area contributed by atoms with Crippen LogP contribution in [0.4, 0.5) is 0 Å². The molecule has 3 unspecified atom stereocenters. The maximum Gasteiger partial charge on any atom is 0.164 e. The molecule has 0 saturated heterocycles. The van der Waals surface area contributed by atoms with Crippen molar-refractivity contribution in [2.24, 2.45) is 23.7 Å². The summed E-state index contributed by atoms with van der Waals surface area (Å²) < 4.78 is 4.45. The molecule has 0 aliphatic carbocycles. The molecule has 0 aromatic rings. The van der Waals surface area contributed by atoms with Crippen LogP contribution in [0.25, 0.3) is 0 Å². The predicted molar refractivity (Wildman–Crippen MR) is 125 cm³/mol. The molecule has 0 saturated carbocycles. The fourth-order valence-corrected chi connectivity index (χ4v) is 3.17. The summed E-state index contributed by atoms with van der Waals surface area (Å²) in [6.07, 6.45) is 17.4. The zero-order valence-electron chi connectivity index (χ0n) is 20.6. The van der Waals surface area contributed by atoms with Gasteiger partial charge in [0, 0.05) is 32.7 Å². The van der Waals surface area contributed by atoms with Crippen molar-refractivity contribution in [2.45, 2.75) is 106 Å². The number of ether oxygens (including phenoxy) is 1. The number of rotatable bonds is 15. The summed E-state index contributed by atoms with van der Waals surface area (Å²) in [5, 5.41) is 0. The summed E-state index contributed by atoms with van der Waals surface area (Å²) in [7, 11) is 0. The van der Waals surface area contributed by atoms with Crippen LogP contribution in [0.5, 0.6) is 0 Å². The summed E-state index contributed by atoms with van der Waals surface area (Å²) in [4.78, 5) is 9.95. The largest absolute Gasteiger partial charge is 0.484 e. The molecular formula is C26H50O2Y-2. The van der Waals surface area contributed by atoms with Crippen LogP contribution in [-0.4, -0.2) is 12.6 Å². The van der Waals surface area contributed by atoms with E-state index in [9.17, 15) is 4.79 Å². The van der Waals surface area contributed by atoms with Crippen LogP contribution < -0.4 is 0 Å². The fourth-order valence-electron chi connectivity index (χ4n) is 3.17. The molecule has 0 spiro atoms. The van der Waals surface area contributed by atoms with E-state index in [2.05, 4.69) is 53.2 Å². The molecule has 3 heteroatoms. The first-order chi connectivity index (χ1) is 13.2. The van der Waals surface area contributed by atoms with Gasteiger partial charge in [0.25, 0.3) is 0 Å². The van der Waals surface area contributed by atoms with Gasteiger partial charge in [-0.3, -0.25) is 11.7 Å². The number of hydrogen-bond acceptors (Lipinski definition) is 2. The molecule has 1 radical (unpaired) electrons. The minimum atomic E-state index is -0.483. The van der Waals surface area contributed by atoms with Gasteiger partial charge in [0.1, 0.15) is 6.61 Å². The molecule has 0 amide bonds.